The second-order valence-electron chi connectivity index (χ2n) is 5.20. The zero-order valence-electron chi connectivity index (χ0n) is 12.3. The van der Waals surface area contributed by atoms with Gasteiger partial charge in [-0.3, -0.25) is 4.79 Å². The molecule has 0 saturated carbocycles. The molecule has 1 atom stereocenters. The lowest BCUT2D eigenvalue weighted by molar-refractivity contribution is -0.145. The maximum atomic E-state index is 11.7. The van der Waals surface area contributed by atoms with Crippen molar-refractivity contribution in [1.29, 1.82) is 0 Å². The molecule has 18 heavy (non-hydrogen) atoms. The van der Waals surface area contributed by atoms with E-state index < -0.39 is 6.09 Å². The van der Waals surface area contributed by atoms with Crippen LogP contribution in [0.25, 0.3) is 0 Å². The molecular formula is C13H25NO4. The molecule has 0 aliphatic rings. The molecule has 0 rings (SSSR count). The minimum Gasteiger partial charge on any atom is -0.466 e. The second-order valence-corrected chi connectivity index (χ2v) is 5.20. The summed E-state index contributed by atoms with van der Waals surface area (Å²) in [6.07, 6.45) is -0.242. The third-order valence-electron chi connectivity index (χ3n) is 2.69. The smallest absolute Gasteiger partial charge is 0.409 e. The van der Waals surface area contributed by atoms with Crippen LogP contribution in [0.4, 0.5) is 4.79 Å². The molecule has 0 radical (unpaired) electrons. The Morgan fingerprint density at radius 2 is 1.61 bits per heavy atom. The van der Waals surface area contributed by atoms with Crippen molar-refractivity contribution in [3.63, 3.8) is 0 Å². The van der Waals surface area contributed by atoms with Gasteiger partial charge in [-0.15, -0.1) is 0 Å². The maximum absolute atomic E-state index is 11.7. The molecule has 0 saturated heterocycles. The van der Waals surface area contributed by atoms with Gasteiger partial charge < -0.3 is 14.4 Å². The quantitative estimate of drug-likeness (QED) is 0.712. The number of esters is 1. The van der Waals surface area contributed by atoms with Gasteiger partial charge in [-0.25, -0.2) is 4.79 Å². The van der Waals surface area contributed by atoms with Crippen LogP contribution in [0.1, 0.15) is 41.0 Å². The van der Waals surface area contributed by atoms with E-state index in [0.29, 0.717) is 13.2 Å². The summed E-state index contributed by atoms with van der Waals surface area (Å²) < 4.78 is 9.90. The molecule has 0 aliphatic carbocycles. The minimum atomic E-state index is -0.415. The predicted octanol–water partition coefficient (Wildman–Crippen LogP) is 2.44. The summed E-state index contributed by atoms with van der Waals surface area (Å²) in [6.45, 7) is 10.1. The number of ether oxygens (including phenoxy) is 2. The van der Waals surface area contributed by atoms with E-state index in [4.69, 9.17) is 9.47 Å². The molecule has 1 unspecified atom stereocenters. The van der Waals surface area contributed by atoms with Gasteiger partial charge in [0.15, 0.2) is 0 Å². The lowest BCUT2D eigenvalue weighted by Crippen LogP contribution is -2.46. The Morgan fingerprint density at radius 3 is 2.00 bits per heavy atom. The van der Waals surface area contributed by atoms with Crippen molar-refractivity contribution < 1.29 is 19.1 Å². The molecule has 5 heteroatoms. The summed E-state index contributed by atoms with van der Waals surface area (Å²) in [6, 6.07) is -0.254. The summed E-state index contributed by atoms with van der Waals surface area (Å²) >= 11 is 0. The van der Waals surface area contributed by atoms with Gasteiger partial charge in [-0.2, -0.15) is 0 Å². The summed E-state index contributed by atoms with van der Waals surface area (Å²) in [4.78, 5) is 24.8. The van der Waals surface area contributed by atoms with Gasteiger partial charge in [0, 0.05) is 13.1 Å². The topological polar surface area (TPSA) is 55.8 Å². The Labute approximate surface area is 109 Å². The third kappa shape index (κ3) is 5.38. The fourth-order valence-corrected chi connectivity index (χ4v) is 1.75. The molecular weight excluding hydrogens is 234 g/mol. The zero-order chi connectivity index (χ0) is 14.3. The van der Waals surface area contributed by atoms with Crippen LogP contribution in [-0.4, -0.2) is 43.3 Å². The first-order valence-electron chi connectivity index (χ1n) is 6.29. The van der Waals surface area contributed by atoms with Crippen molar-refractivity contribution in [3.8, 4) is 0 Å². The first-order valence-corrected chi connectivity index (χ1v) is 6.29. The van der Waals surface area contributed by atoms with E-state index in [0.717, 1.165) is 0 Å². The Balaban J connectivity index is 4.79. The van der Waals surface area contributed by atoms with E-state index in [1.807, 2.05) is 20.8 Å². The molecule has 0 aromatic rings. The van der Waals surface area contributed by atoms with E-state index in [2.05, 4.69) is 0 Å². The van der Waals surface area contributed by atoms with Crippen molar-refractivity contribution in [2.45, 2.75) is 47.1 Å². The highest BCUT2D eigenvalue weighted by molar-refractivity contribution is 5.73. The van der Waals surface area contributed by atoms with E-state index in [1.165, 1.54) is 4.90 Å². The van der Waals surface area contributed by atoms with Gasteiger partial charge in [0.1, 0.15) is 0 Å². The van der Waals surface area contributed by atoms with Crippen LogP contribution in [0.3, 0.4) is 0 Å². The van der Waals surface area contributed by atoms with Crippen LogP contribution >= 0.6 is 0 Å². The number of carbonyl (C=O) groups is 2. The average Bonchev–Trinajstić information content (AvgIpc) is 2.24. The average molecular weight is 259 g/mol. The van der Waals surface area contributed by atoms with Crippen molar-refractivity contribution in [3.05, 3.63) is 0 Å². The molecule has 0 bridgehead atoms. The van der Waals surface area contributed by atoms with Crippen LogP contribution in [0.2, 0.25) is 0 Å². The molecule has 0 spiro atoms. The highest BCUT2D eigenvalue weighted by atomic mass is 16.6. The monoisotopic (exact) mass is 259 g/mol. The largest absolute Gasteiger partial charge is 0.466 e. The molecule has 0 N–H and O–H groups in total. The van der Waals surface area contributed by atoms with Crippen LogP contribution in [0, 0.1) is 5.41 Å². The number of hydrogen-bond acceptors (Lipinski definition) is 4. The summed E-state index contributed by atoms with van der Waals surface area (Å²) in [5, 5.41) is 0. The van der Waals surface area contributed by atoms with Gasteiger partial charge in [0.25, 0.3) is 0 Å². The number of amides is 1. The van der Waals surface area contributed by atoms with Crippen LogP contribution in [0.15, 0.2) is 0 Å². The molecule has 0 fully saturated rings. The Bertz CT molecular complexity index is 283. The van der Waals surface area contributed by atoms with Crippen LogP contribution in [0.5, 0.6) is 0 Å². The van der Waals surface area contributed by atoms with Gasteiger partial charge in [0.05, 0.1) is 19.6 Å². The fourth-order valence-electron chi connectivity index (χ4n) is 1.75. The number of rotatable bonds is 5. The summed E-state index contributed by atoms with van der Waals surface area (Å²) in [7, 11) is 1.65. The normalized spacial score (nSPS) is 12.8. The molecule has 1 amide bonds. The van der Waals surface area contributed by atoms with E-state index in [1.54, 1.807) is 20.9 Å². The van der Waals surface area contributed by atoms with Gasteiger partial charge in [-0.1, -0.05) is 20.8 Å². The second kappa shape index (κ2) is 7.24. The standard InChI is InChI=1S/C13H25NO4/c1-7-17-11(15)9-10(13(3,4)5)14(6)12(16)18-8-2/h10H,7-9H2,1-6H3. The molecule has 0 aromatic carbocycles. The summed E-state index contributed by atoms with van der Waals surface area (Å²) in [5.74, 6) is -0.298. The summed E-state index contributed by atoms with van der Waals surface area (Å²) in [5.41, 5.74) is -0.228. The number of carbonyl (C=O) groups excluding carboxylic acids is 2. The van der Waals surface area contributed by atoms with E-state index in [9.17, 15) is 9.59 Å². The number of nitrogens with zero attached hydrogens (tertiary/aromatic N) is 1. The maximum Gasteiger partial charge on any atom is 0.409 e. The first kappa shape index (κ1) is 16.7. The fraction of sp³-hybridized carbons (Fsp3) is 0.846. The Morgan fingerprint density at radius 1 is 1.11 bits per heavy atom. The molecule has 5 nitrogen and oxygen atoms in total. The van der Waals surface area contributed by atoms with Gasteiger partial charge in [-0.05, 0) is 19.3 Å². The zero-order valence-corrected chi connectivity index (χ0v) is 12.3. The predicted molar refractivity (Wildman–Crippen MR) is 69.3 cm³/mol. The third-order valence-corrected chi connectivity index (χ3v) is 2.69. The molecule has 0 heterocycles. The van der Waals surface area contributed by atoms with Crippen LogP contribution < -0.4 is 0 Å². The minimum absolute atomic E-state index is 0.173. The number of hydrogen-bond donors (Lipinski definition) is 0. The van der Waals surface area contributed by atoms with Crippen molar-refractivity contribution in [2.75, 3.05) is 20.3 Å². The lowest BCUT2D eigenvalue weighted by Gasteiger charge is -2.36. The van der Waals surface area contributed by atoms with Gasteiger partial charge >= 0.3 is 12.1 Å². The van der Waals surface area contributed by atoms with E-state index >= 15 is 0 Å². The molecule has 106 valence electrons. The van der Waals surface area contributed by atoms with Crippen molar-refractivity contribution in [1.82, 2.24) is 4.90 Å². The first-order chi connectivity index (χ1) is 8.23. The van der Waals surface area contributed by atoms with Crippen molar-refractivity contribution in [2.24, 2.45) is 5.41 Å². The molecule has 0 aromatic heterocycles. The van der Waals surface area contributed by atoms with Gasteiger partial charge in [0.2, 0.25) is 0 Å². The van der Waals surface area contributed by atoms with E-state index in [-0.39, 0.29) is 23.8 Å². The SMILES string of the molecule is CCOC(=O)CC(N(C)C(=O)OCC)C(C)(C)C. The Hall–Kier alpha value is -1.26. The highest BCUT2D eigenvalue weighted by Gasteiger charge is 2.34. The molecule has 0 aliphatic heterocycles. The lowest BCUT2D eigenvalue weighted by atomic mass is 9.84. The van der Waals surface area contributed by atoms with Crippen molar-refractivity contribution >= 4 is 12.1 Å². The van der Waals surface area contributed by atoms with Crippen LogP contribution in [-0.2, 0) is 14.3 Å². The Kier molecular flexibility index (Phi) is 6.73. The highest BCUT2D eigenvalue weighted by Crippen LogP contribution is 2.27.